The summed E-state index contributed by atoms with van der Waals surface area (Å²) in [7, 11) is 0. The molecular weight excluding hydrogens is 418 g/mol. The maximum absolute atomic E-state index is 11.9. The van der Waals surface area contributed by atoms with Crippen molar-refractivity contribution in [2.45, 2.75) is 50.5 Å². The molecule has 0 aliphatic carbocycles. The molecule has 5 heterocycles. The van der Waals surface area contributed by atoms with Crippen molar-refractivity contribution in [2.24, 2.45) is 0 Å². The summed E-state index contributed by atoms with van der Waals surface area (Å²) in [5.74, 6) is 2.65. The average Bonchev–Trinajstić information content (AvgIpc) is 3.22. The lowest BCUT2D eigenvalue weighted by atomic mass is 9.94. The Balaban J connectivity index is 1.33. The van der Waals surface area contributed by atoms with Gasteiger partial charge in [0, 0.05) is 57.2 Å². The van der Waals surface area contributed by atoms with Crippen LogP contribution in [0.3, 0.4) is 0 Å². The zero-order valence-electron chi connectivity index (χ0n) is 18.9. The average molecular weight is 450 g/mol. The lowest BCUT2D eigenvalue weighted by Crippen LogP contribution is -2.39. The summed E-state index contributed by atoms with van der Waals surface area (Å²) in [5, 5.41) is 12.4. The first-order valence-electron chi connectivity index (χ1n) is 11.9. The van der Waals surface area contributed by atoms with Gasteiger partial charge in [0.2, 0.25) is 5.91 Å². The van der Waals surface area contributed by atoms with Crippen LogP contribution in [0.15, 0.2) is 12.5 Å². The van der Waals surface area contributed by atoms with E-state index in [9.17, 15) is 10.1 Å². The highest BCUT2D eigenvalue weighted by Crippen LogP contribution is 2.33. The highest BCUT2D eigenvalue weighted by molar-refractivity contribution is 5.77. The monoisotopic (exact) mass is 449 g/mol. The molecule has 1 atom stereocenters. The Kier molecular flexibility index (Phi) is 6.13. The largest absolute Gasteiger partial charge is 0.382 e. The summed E-state index contributed by atoms with van der Waals surface area (Å²) in [6.45, 7) is 6.64. The van der Waals surface area contributed by atoms with Crippen LogP contribution in [-0.2, 0) is 11.3 Å². The van der Waals surface area contributed by atoms with Gasteiger partial charge in [-0.25, -0.2) is 15.0 Å². The van der Waals surface area contributed by atoms with Crippen LogP contribution >= 0.6 is 0 Å². The van der Waals surface area contributed by atoms with Gasteiger partial charge in [0.05, 0.1) is 5.69 Å². The lowest BCUT2D eigenvalue weighted by molar-refractivity contribution is -0.122. The van der Waals surface area contributed by atoms with Crippen LogP contribution in [-0.4, -0.2) is 69.6 Å². The Morgan fingerprint density at radius 2 is 1.94 bits per heavy atom. The number of carbonyl (C=O) groups excluding carboxylic acids is 1. The second-order valence-electron chi connectivity index (χ2n) is 9.28. The predicted molar refractivity (Wildman–Crippen MR) is 124 cm³/mol. The van der Waals surface area contributed by atoms with Crippen LogP contribution in [0.2, 0.25) is 0 Å². The standard InChI is InChI=1S/C23H31N9O/c24-13-18-21(25)27-15-28-23(18)31-8-3-16(4-9-31)22-29-19(17-2-5-26-20(33)12-17)14-32(22)11-10-30-6-1-7-30/h14-17H,1-12H2,(H,26,33)(H2,25,27,28). The predicted octanol–water partition coefficient (Wildman–Crippen LogP) is 1.21. The van der Waals surface area contributed by atoms with Crippen molar-refractivity contribution in [3.05, 3.63) is 29.6 Å². The van der Waals surface area contributed by atoms with Crippen molar-refractivity contribution < 1.29 is 4.79 Å². The maximum atomic E-state index is 11.9. The molecule has 10 heteroatoms. The number of nitrogens with two attached hydrogens (primary N) is 1. The Hall–Kier alpha value is -3.19. The topological polar surface area (TPSA) is 129 Å². The fourth-order valence-corrected chi connectivity index (χ4v) is 5.13. The molecule has 10 nitrogen and oxygen atoms in total. The van der Waals surface area contributed by atoms with Crippen molar-refractivity contribution in [1.29, 1.82) is 5.26 Å². The van der Waals surface area contributed by atoms with Crippen LogP contribution in [0.1, 0.15) is 61.0 Å². The zero-order valence-corrected chi connectivity index (χ0v) is 18.9. The van der Waals surface area contributed by atoms with Gasteiger partial charge in [0.1, 0.15) is 29.6 Å². The van der Waals surface area contributed by atoms with E-state index in [0.717, 1.165) is 63.5 Å². The highest BCUT2D eigenvalue weighted by Gasteiger charge is 2.30. The summed E-state index contributed by atoms with van der Waals surface area (Å²) in [4.78, 5) is 29.9. The molecule has 3 N–H and O–H groups in total. The molecule has 0 aromatic carbocycles. The van der Waals surface area contributed by atoms with Crippen LogP contribution < -0.4 is 16.0 Å². The van der Waals surface area contributed by atoms with Crippen molar-refractivity contribution in [3.63, 3.8) is 0 Å². The Bertz CT molecular complexity index is 1050. The van der Waals surface area contributed by atoms with E-state index in [0.29, 0.717) is 23.7 Å². The van der Waals surface area contributed by atoms with Gasteiger partial charge in [0.25, 0.3) is 0 Å². The van der Waals surface area contributed by atoms with E-state index in [1.54, 1.807) is 0 Å². The van der Waals surface area contributed by atoms with Crippen LogP contribution in [0.5, 0.6) is 0 Å². The molecule has 0 spiro atoms. The second kappa shape index (κ2) is 9.35. The molecule has 2 aromatic rings. The van der Waals surface area contributed by atoms with E-state index in [1.165, 1.54) is 25.8 Å². The fourth-order valence-electron chi connectivity index (χ4n) is 5.13. The molecule has 174 valence electrons. The van der Waals surface area contributed by atoms with Crippen molar-refractivity contribution in [3.8, 4) is 6.07 Å². The summed E-state index contributed by atoms with van der Waals surface area (Å²) < 4.78 is 2.34. The highest BCUT2D eigenvalue weighted by atomic mass is 16.1. The molecule has 1 unspecified atom stereocenters. The zero-order chi connectivity index (χ0) is 22.8. The van der Waals surface area contributed by atoms with E-state index in [2.05, 4.69) is 41.9 Å². The smallest absolute Gasteiger partial charge is 0.220 e. The van der Waals surface area contributed by atoms with Crippen molar-refractivity contribution >= 4 is 17.5 Å². The third-order valence-electron chi connectivity index (χ3n) is 7.22. The molecule has 3 aliphatic rings. The maximum Gasteiger partial charge on any atom is 0.220 e. The number of likely N-dealkylation sites (tertiary alicyclic amines) is 1. The van der Waals surface area contributed by atoms with Gasteiger partial charge < -0.3 is 25.4 Å². The van der Waals surface area contributed by atoms with Crippen molar-refractivity contribution in [2.75, 3.05) is 49.9 Å². The molecule has 33 heavy (non-hydrogen) atoms. The number of nitriles is 1. The van der Waals surface area contributed by atoms with Crippen LogP contribution in [0.25, 0.3) is 0 Å². The summed E-state index contributed by atoms with van der Waals surface area (Å²) in [5.41, 5.74) is 7.30. The number of anilines is 2. The van der Waals surface area contributed by atoms with Gasteiger partial charge in [-0.1, -0.05) is 0 Å². The van der Waals surface area contributed by atoms with E-state index in [4.69, 9.17) is 10.7 Å². The minimum Gasteiger partial charge on any atom is -0.382 e. The Labute approximate surface area is 193 Å². The molecule has 3 fully saturated rings. The van der Waals surface area contributed by atoms with Gasteiger partial charge in [0.15, 0.2) is 5.82 Å². The van der Waals surface area contributed by atoms with E-state index >= 15 is 0 Å². The van der Waals surface area contributed by atoms with Crippen LogP contribution in [0, 0.1) is 11.3 Å². The normalized spacial score (nSPS) is 22.0. The molecule has 0 radical (unpaired) electrons. The second-order valence-corrected chi connectivity index (χ2v) is 9.28. The lowest BCUT2D eigenvalue weighted by Gasteiger charge is -2.34. The molecule has 1 amide bonds. The molecule has 2 aromatic heterocycles. The number of aromatic nitrogens is 4. The third-order valence-corrected chi connectivity index (χ3v) is 7.22. The van der Waals surface area contributed by atoms with Crippen molar-refractivity contribution in [1.82, 2.24) is 29.7 Å². The third kappa shape index (κ3) is 4.50. The first-order chi connectivity index (χ1) is 16.1. The number of nitrogen functional groups attached to an aromatic ring is 1. The van der Waals surface area contributed by atoms with E-state index < -0.39 is 0 Å². The number of hydrogen-bond acceptors (Lipinski definition) is 8. The van der Waals surface area contributed by atoms with Gasteiger partial charge >= 0.3 is 0 Å². The first-order valence-corrected chi connectivity index (χ1v) is 11.9. The molecule has 0 saturated carbocycles. The number of amides is 1. The van der Waals surface area contributed by atoms with Gasteiger partial charge in [-0.05, 0) is 38.8 Å². The number of nitrogens with zero attached hydrogens (tertiary/aromatic N) is 7. The fraction of sp³-hybridized carbons (Fsp3) is 0.609. The van der Waals surface area contributed by atoms with E-state index in [1.807, 2.05) is 0 Å². The summed E-state index contributed by atoms with van der Waals surface area (Å²) >= 11 is 0. The molecule has 0 bridgehead atoms. The van der Waals surface area contributed by atoms with Gasteiger partial charge in [-0.15, -0.1) is 0 Å². The van der Waals surface area contributed by atoms with E-state index in [-0.39, 0.29) is 17.6 Å². The van der Waals surface area contributed by atoms with Crippen LogP contribution in [0.4, 0.5) is 11.6 Å². The molecule has 3 aliphatic heterocycles. The molecule has 5 rings (SSSR count). The minimum absolute atomic E-state index is 0.119. The first kappa shape index (κ1) is 21.6. The number of imidazole rings is 1. The molecule has 3 saturated heterocycles. The number of carbonyl (C=O) groups is 1. The summed E-state index contributed by atoms with van der Waals surface area (Å²) in [6.07, 6.45) is 8.23. The number of piperidine rings is 2. The molecular formula is C23H31N9O. The minimum atomic E-state index is 0.119. The Morgan fingerprint density at radius 3 is 2.64 bits per heavy atom. The Morgan fingerprint density at radius 1 is 1.12 bits per heavy atom. The summed E-state index contributed by atoms with van der Waals surface area (Å²) in [6, 6.07) is 2.15. The van der Waals surface area contributed by atoms with Gasteiger partial charge in [-0.3, -0.25) is 4.79 Å². The number of nitrogens with one attached hydrogen (secondary N) is 1. The quantitative estimate of drug-likeness (QED) is 0.673. The number of hydrogen-bond donors (Lipinski definition) is 2. The SMILES string of the molecule is N#Cc1c(N)ncnc1N1CCC(c2nc(C3CCNC(=O)C3)cn2CCN2CCC2)CC1. The van der Waals surface area contributed by atoms with Gasteiger partial charge in [-0.2, -0.15) is 5.26 Å². The number of rotatable bonds is 6.